The number of carboxylic acids is 1. The van der Waals surface area contributed by atoms with Gasteiger partial charge in [-0.15, -0.1) is 0 Å². The number of carbonyl (C=O) groups excluding carboxylic acids is 2. The van der Waals surface area contributed by atoms with Gasteiger partial charge in [-0.1, -0.05) is 11.6 Å². The van der Waals surface area contributed by atoms with Crippen LogP contribution in [0.5, 0.6) is 5.75 Å². The molecule has 0 aliphatic carbocycles. The standard InChI is InChI=1S/C13H13ClN2O5/c1-7(13(19)20)15-11(17)5-16-6-12(18)21-10-3-2-8(14)4-9(10)16/h2-4,7H,5-6H2,1H3,(H,15,17)(H,19,20). The number of esters is 1. The van der Waals surface area contributed by atoms with E-state index < -0.39 is 23.9 Å². The minimum atomic E-state index is -1.13. The Morgan fingerprint density at radius 1 is 1.52 bits per heavy atom. The molecule has 0 aromatic heterocycles. The van der Waals surface area contributed by atoms with Crippen molar-refractivity contribution in [1.29, 1.82) is 0 Å². The Bertz CT molecular complexity index is 604. The lowest BCUT2D eigenvalue weighted by Gasteiger charge is -2.29. The molecule has 2 rings (SSSR count). The highest BCUT2D eigenvalue weighted by Gasteiger charge is 2.26. The van der Waals surface area contributed by atoms with Gasteiger partial charge in [-0.3, -0.25) is 9.59 Å². The Morgan fingerprint density at radius 2 is 2.24 bits per heavy atom. The van der Waals surface area contributed by atoms with E-state index in [9.17, 15) is 14.4 Å². The number of anilines is 1. The van der Waals surface area contributed by atoms with Gasteiger partial charge in [0, 0.05) is 5.02 Å². The van der Waals surface area contributed by atoms with E-state index in [2.05, 4.69) is 5.32 Å². The van der Waals surface area contributed by atoms with Gasteiger partial charge in [0.2, 0.25) is 5.91 Å². The topological polar surface area (TPSA) is 95.9 Å². The molecule has 1 aromatic rings. The summed E-state index contributed by atoms with van der Waals surface area (Å²) in [6.45, 7) is 1.08. The summed E-state index contributed by atoms with van der Waals surface area (Å²) in [6.07, 6.45) is 0. The molecular formula is C13H13ClN2O5. The average molecular weight is 313 g/mol. The van der Waals surface area contributed by atoms with Gasteiger partial charge >= 0.3 is 11.9 Å². The normalized spacial score (nSPS) is 15.0. The molecule has 1 aliphatic rings. The minimum Gasteiger partial charge on any atom is -0.480 e. The molecule has 0 bridgehead atoms. The first-order valence-corrected chi connectivity index (χ1v) is 6.52. The smallest absolute Gasteiger partial charge is 0.331 e. The third kappa shape index (κ3) is 3.63. The second kappa shape index (κ2) is 6.01. The fourth-order valence-electron chi connectivity index (χ4n) is 1.88. The number of benzene rings is 1. The second-order valence-electron chi connectivity index (χ2n) is 4.57. The number of nitrogens with zero attached hydrogens (tertiary/aromatic N) is 1. The Hall–Kier alpha value is -2.28. The van der Waals surface area contributed by atoms with E-state index in [-0.39, 0.29) is 13.1 Å². The van der Waals surface area contributed by atoms with E-state index in [4.69, 9.17) is 21.4 Å². The molecule has 1 aromatic carbocycles. The maximum absolute atomic E-state index is 11.8. The van der Waals surface area contributed by atoms with Crippen LogP contribution < -0.4 is 15.0 Å². The quantitative estimate of drug-likeness (QED) is 0.626. The number of ether oxygens (including phenoxy) is 1. The van der Waals surface area contributed by atoms with E-state index in [0.29, 0.717) is 16.5 Å². The number of aliphatic carboxylic acids is 1. The first-order chi connectivity index (χ1) is 9.86. The van der Waals surface area contributed by atoms with Crippen LogP contribution in [-0.4, -0.2) is 42.1 Å². The molecule has 1 heterocycles. The SMILES string of the molecule is CC(NC(=O)CN1CC(=O)Oc2ccc(Cl)cc21)C(=O)O. The van der Waals surface area contributed by atoms with Crippen LogP contribution in [0.1, 0.15) is 6.92 Å². The van der Waals surface area contributed by atoms with E-state index in [1.54, 1.807) is 18.2 Å². The molecule has 0 saturated carbocycles. The highest BCUT2D eigenvalue weighted by molar-refractivity contribution is 6.31. The molecule has 1 atom stereocenters. The Balaban J connectivity index is 2.14. The van der Waals surface area contributed by atoms with Crippen LogP contribution in [0.3, 0.4) is 0 Å². The Kier molecular flexibility index (Phi) is 4.32. The van der Waals surface area contributed by atoms with Gasteiger partial charge in [0.25, 0.3) is 0 Å². The van der Waals surface area contributed by atoms with Crippen LogP contribution in [0, 0.1) is 0 Å². The van der Waals surface area contributed by atoms with Gasteiger partial charge in [0.1, 0.15) is 12.6 Å². The first kappa shape index (κ1) is 15.1. The summed E-state index contributed by atoms with van der Waals surface area (Å²) in [4.78, 5) is 35.5. The van der Waals surface area contributed by atoms with E-state index >= 15 is 0 Å². The van der Waals surface area contributed by atoms with Crippen molar-refractivity contribution >= 4 is 35.1 Å². The van der Waals surface area contributed by atoms with Crippen LogP contribution >= 0.6 is 11.6 Å². The summed E-state index contributed by atoms with van der Waals surface area (Å²) in [5, 5.41) is 11.5. The van der Waals surface area contributed by atoms with Crippen molar-refractivity contribution in [3.05, 3.63) is 23.2 Å². The number of fused-ring (bicyclic) bond motifs is 1. The maximum atomic E-state index is 11.8. The van der Waals surface area contributed by atoms with Crippen molar-refractivity contribution in [2.45, 2.75) is 13.0 Å². The zero-order chi connectivity index (χ0) is 15.6. The zero-order valence-corrected chi connectivity index (χ0v) is 11.9. The first-order valence-electron chi connectivity index (χ1n) is 6.14. The van der Waals surface area contributed by atoms with Crippen LogP contribution in [0.4, 0.5) is 5.69 Å². The fraction of sp³-hybridized carbons (Fsp3) is 0.308. The fourth-order valence-corrected chi connectivity index (χ4v) is 2.05. The summed E-state index contributed by atoms with van der Waals surface area (Å²) in [6, 6.07) is 3.69. The van der Waals surface area contributed by atoms with E-state index in [1.807, 2.05) is 0 Å². The number of halogens is 1. The number of hydrogen-bond donors (Lipinski definition) is 2. The van der Waals surface area contributed by atoms with Gasteiger partial charge in [0.05, 0.1) is 12.2 Å². The highest BCUT2D eigenvalue weighted by Crippen LogP contribution is 2.34. The maximum Gasteiger partial charge on any atom is 0.331 e. The third-order valence-electron chi connectivity index (χ3n) is 2.89. The molecule has 0 fully saturated rings. The summed E-state index contributed by atoms with van der Waals surface area (Å²) in [5.41, 5.74) is 0.514. The molecule has 1 aliphatic heterocycles. The number of carbonyl (C=O) groups is 3. The predicted molar refractivity (Wildman–Crippen MR) is 74.5 cm³/mol. The molecule has 8 heteroatoms. The number of amides is 1. The summed E-state index contributed by atoms with van der Waals surface area (Å²) in [5.74, 6) is -1.82. The number of hydrogen-bond acceptors (Lipinski definition) is 5. The van der Waals surface area contributed by atoms with Gasteiger partial charge in [0.15, 0.2) is 5.75 Å². The average Bonchev–Trinajstić information content (AvgIpc) is 2.39. The zero-order valence-electron chi connectivity index (χ0n) is 11.1. The van der Waals surface area contributed by atoms with Crippen molar-refractivity contribution in [3.8, 4) is 5.75 Å². The Labute approximate surface area is 125 Å². The molecule has 1 unspecified atom stereocenters. The molecule has 112 valence electrons. The van der Waals surface area contributed by atoms with Gasteiger partial charge < -0.3 is 20.1 Å². The Morgan fingerprint density at radius 3 is 2.90 bits per heavy atom. The lowest BCUT2D eigenvalue weighted by Crippen LogP contribution is -2.47. The predicted octanol–water partition coefficient (Wildman–Crippen LogP) is 0.655. The van der Waals surface area contributed by atoms with Crippen LogP contribution in [0.15, 0.2) is 18.2 Å². The molecule has 0 spiro atoms. The van der Waals surface area contributed by atoms with Gasteiger partial charge in [-0.05, 0) is 25.1 Å². The van der Waals surface area contributed by atoms with Crippen molar-refractivity contribution in [2.75, 3.05) is 18.0 Å². The van der Waals surface area contributed by atoms with Gasteiger partial charge in [-0.25, -0.2) is 4.79 Å². The highest BCUT2D eigenvalue weighted by atomic mass is 35.5. The van der Waals surface area contributed by atoms with E-state index in [1.165, 1.54) is 11.8 Å². The van der Waals surface area contributed by atoms with Crippen molar-refractivity contribution in [3.63, 3.8) is 0 Å². The molecule has 2 N–H and O–H groups in total. The third-order valence-corrected chi connectivity index (χ3v) is 3.12. The summed E-state index contributed by atoms with van der Waals surface area (Å²) >= 11 is 5.90. The lowest BCUT2D eigenvalue weighted by molar-refractivity contribution is -0.141. The lowest BCUT2D eigenvalue weighted by atomic mass is 10.2. The van der Waals surface area contributed by atoms with Crippen LogP contribution in [0.2, 0.25) is 5.02 Å². The largest absolute Gasteiger partial charge is 0.480 e. The van der Waals surface area contributed by atoms with Crippen molar-refractivity contribution in [2.24, 2.45) is 0 Å². The van der Waals surface area contributed by atoms with Crippen molar-refractivity contribution < 1.29 is 24.2 Å². The van der Waals surface area contributed by atoms with Crippen molar-refractivity contribution in [1.82, 2.24) is 5.32 Å². The summed E-state index contributed by atoms with van der Waals surface area (Å²) in [7, 11) is 0. The second-order valence-corrected chi connectivity index (χ2v) is 5.01. The number of rotatable bonds is 4. The van der Waals surface area contributed by atoms with E-state index in [0.717, 1.165) is 0 Å². The van der Waals surface area contributed by atoms with Gasteiger partial charge in [-0.2, -0.15) is 0 Å². The molecule has 7 nitrogen and oxygen atoms in total. The molecule has 0 saturated heterocycles. The number of nitrogens with one attached hydrogen (secondary N) is 1. The monoisotopic (exact) mass is 312 g/mol. The minimum absolute atomic E-state index is 0.109. The molecular weight excluding hydrogens is 300 g/mol. The van der Waals surface area contributed by atoms with Crippen LogP contribution in [-0.2, 0) is 14.4 Å². The summed E-state index contributed by atoms with van der Waals surface area (Å²) < 4.78 is 5.05. The molecule has 21 heavy (non-hydrogen) atoms. The number of carboxylic acid groups (broad SMARTS) is 1. The molecule has 1 amide bonds. The van der Waals surface area contributed by atoms with Crippen LogP contribution in [0.25, 0.3) is 0 Å². The molecule has 0 radical (unpaired) electrons.